The third-order valence-electron chi connectivity index (χ3n) is 14.6. The molecule has 2 aliphatic heterocycles. The molecule has 10 nitrogen and oxygen atoms in total. The summed E-state index contributed by atoms with van der Waals surface area (Å²) in [7, 11) is 0. The van der Waals surface area contributed by atoms with Gasteiger partial charge in [-0.3, -0.25) is 14.4 Å². The van der Waals surface area contributed by atoms with E-state index in [1.54, 1.807) is 0 Å². The number of benzene rings is 3. The monoisotopic (exact) mass is 866 g/mol. The minimum atomic E-state index is -0.393. The number of aliphatic hydroxyl groups is 1. The van der Waals surface area contributed by atoms with Crippen LogP contribution in [-0.2, 0) is 32.6 Å². The summed E-state index contributed by atoms with van der Waals surface area (Å²) in [5, 5.41) is 36.0. The Labute approximate surface area is 379 Å². The highest BCUT2D eigenvalue weighted by molar-refractivity contribution is 6.42. The number of fused-ring (bicyclic) bond motifs is 2. The number of allylic oxidation sites excluding steroid dienone is 6. The van der Waals surface area contributed by atoms with E-state index in [0.717, 1.165) is 55.9 Å². The quantitative estimate of drug-likeness (QED) is 0.148. The number of rotatable bonds is 10. The summed E-state index contributed by atoms with van der Waals surface area (Å²) in [6.45, 7) is 29.0. The SMILES string of the molecule is Cc1cc(CCC(=O)N=C2C=C3C(=C/C2=C2/C(=O)C(c4cc5c(cc4NC(=O)CCc4cc(C)c(O)c(C)c4)N(C(C)C)C(C)C5(C)C)=C2O)C(C)(C)C(C)N3C(C)C)cc(C)c1O. The van der Waals surface area contributed by atoms with Crippen LogP contribution in [0.5, 0.6) is 11.5 Å². The maximum Gasteiger partial charge on any atom is 0.246 e. The normalized spacial score (nSPS) is 21.7. The van der Waals surface area contributed by atoms with Gasteiger partial charge in [0.2, 0.25) is 17.6 Å². The highest BCUT2D eigenvalue weighted by Gasteiger charge is 2.49. The lowest BCUT2D eigenvalue weighted by Crippen LogP contribution is -2.42. The number of hydrogen-bond donors (Lipinski definition) is 4. The number of carbonyl (C=O) groups is 3. The molecule has 1 saturated heterocycles. The molecule has 338 valence electrons. The lowest BCUT2D eigenvalue weighted by Gasteiger charge is -2.34. The van der Waals surface area contributed by atoms with E-state index in [-0.39, 0.29) is 88.1 Å². The number of aliphatic imine (C=N–C) groups is 1. The van der Waals surface area contributed by atoms with Crippen LogP contribution in [0.4, 0.5) is 11.4 Å². The highest BCUT2D eigenvalue weighted by Crippen LogP contribution is 2.53. The van der Waals surface area contributed by atoms with E-state index in [9.17, 15) is 29.7 Å². The summed E-state index contributed by atoms with van der Waals surface area (Å²) < 4.78 is 0. The number of nitrogens with zero attached hydrogens (tertiary/aromatic N) is 3. The van der Waals surface area contributed by atoms with Crippen LogP contribution in [-0.4, -0.2) is 67.7 Å². The Bertz CT molecular complexity index is 2620. The molecule has 0 radical (unpaired) electrons. The molecule has 2 heterocycles. The van der Waals surface area contributed by atoms with Crippen molar-refractivity contribution < 1.29 is 29.7 Å². The summed E-state index contributed by atoms with van der Waals surface area (Å²) in [5.74, 6) is -0.723. The molecular weight excluding hydrogens is 801 g/mol. The Balaban J connectivity index is 1.33. The van der Waals surface area contributed by atoms with Crippen LogP contribution in [0.3, 0.4) is 0 Å². The molecular formula is C54H66N4O6. The maximum absolute atomic E-state index is 14.9. The van der Waals surface area contributed by atoms with Gasteiger partial charge < -0.3 is 30.4 Å². The summed E-state index contributed by atoms with van der Waals surface area (Å²) >= 11 is 0. The van der Waals surface area contributed by atoms with Gasteiger partial charge in [0, 0.05) is 70.4 Å². The van der Waals surface area contributed by atoms with E-state index in [2.05, 4.69) is 89.3 Å². The number of phenolic OH excluding ortho intramolecular Hbond substituents is 2. The lowest BCUT2D eigenvalue weighted by atomic mass is 9.73. The van der Waals surface area contributed by atoms with E-state index in [0.29, 0.717) is 35.4 Å². The largest absolute Gasteiger partial charge is 0.507 e. The van der Waals surface area contributed by atoms with Crippen LogP contribution in [0.2, 0.25) is 0 Å². The zero-order valence-corrected chi connectivity index (χ0v) is 40.2. The summed E-state index contributed by atoms with van der Waals surface area (Å²) in [5.41, 5.74) is 9.87. The molecule has 4 aliphatic rings. The van der Waals surface area contributed by atoms with Crippen molar-refractivity contribution in [3.63, 3.8) is 0 Å². The smallest absolute Gasteiger partial charge is 0.246 e. The highest BCUT2D eigenvalue weighted by atomic mass is 16.3. The van der Waals surface area contributed by atoms with Gasteiger partial charge in [-0.05, 0) is 151 Å². The Morgan fingerprint density at radius 1 is 0.719 bits per heavy atom. The van der Waals surface area contributed by atoms with Gasteiger partial charge in [0.05, 0.1) is 22.5 Å². The molecule has 0 aromatic heterocycles. The van der Waals surface area contributed by atoms with E-state index in [1.807, 2.05) is 76.2 Å². The lowest BCUT2D eigenvalue weighted by molar-refractivity contribution is -0.118. The number of likely N-dealkylation sites (tertiary alicyclic amines) is 1. The standard InChI is InChI=1S/C54H66N4O6/c1-27(2)57-33(9)53(11,12)39-23-37(41(25-43(39)57)55-45(59)17-15-35-19-29(5)49(61)30(6)20-35)47-51(63)48(52(47)64)38-24-40-44(58(28(3)4)34(10)54(40,13)14)26-42(38)56-46(60)18-16-36-21-31(7)50(62)32(8)22-36/h19-28,33-34,61-63H,15-18H2,1-14H3,(H,55,59)/b48-38-,56-42?. The van der Waals surface area contributed by atoms with Crippen LogP contribution < -0.4 is 10.2 Å². The Morgan fingerprint density at radius 3 is 1.75 bits per heavy atom. The first-order valence-electron chi connectivity index (χ1n) is 22.8. The second-order valence-electron chi connectivity index (χ2n) is 20.2. The zero-order valence-electron chi connectivity index (χ0n) is 40.2. The van der Waals surface area contributed by atoms with Gasteiger partial charge in [-0.1, -0.05) is 52.0 Å². The number of aromatic hydroxyl groups is 2. The second kappa shape index (κ2) is 16.6. The molecule has 2 atom stereocenters. The van der Waals surface area contributed by atoms with Gasteiger partial charge in [0.25, 0.3) is 0 Å². The molecule has 2 amide bonds. The number of carbonyl (C=O) groups excluding carboxylic acids is 3. The maximum atomic E-state index is 14.9. The summed E-state index contributed by atoms with van der Waals surface area (Å²) in [6.07, 6.45) is 4.98. The Hall–Kier alpha value is -5.90. The first-order valence-corrected chi connectivity index (χ1v) is 22.8. The molecule has 10 heteroatoms. The third-order valence-corrected chi connectivity index (χ3v) is 14.6. The number of hydrogen-bond acceptors (Lipinski definition) is 8. The topological polar surface area (TPSA) is 143 Å². The van der Waals surface area contributed by atoms with Gasteiger partial charge in [-0.2, -0.15) is 0 Å². The van der Waals surface area contributed by atoms with Crippen molar-refractivity contribution in [2.24, 2.45) is 10.4 Å². The van der Waals surface area contributed by atoms with Gasteiger partial charge in [-0.25, -0.2) is 4.99 Å². The van der Waals surface area contributed by atoms with Crippen molar-refractivity contribution in [3.05, 3.63) is 121 Å². The zero-order chi connectivity index (χ0) is 47.1. The van der Waals surface area contributed by atoms with Crippen molar-refractivity contribution in [3.8, 4) is 11.5 Å². The van der Waals surface area contributed by atoms with Gasteiger partial charge in [0.15, 0.2) is 0 Å². The minimum absolute atomic E-state index is 0.0906. The van der Waals surface area contributed by atoms with Crippen molar-refractivity contribution in [1.29, 1.82) is 0 Å². The molecule has 64 heavy (non-hydrogen) atoms. The first kappa shape index (κ1) is 46.1. The predicted molar refractivity (Wildman–Crippen MR) is 257 cm³/mol. The van der Waals surface area contributed by atoms with Gasteiger partial charge in [-0.15, -0.1) is 0 Å². The van der Waals surface area contributed by atoms with Crippen molar-refractivity contribution in [2.45, 2.75) is 152 Å². The molecule has 2 aliphatic carbocycles. The molecule has 0 saturated carbocycles. The molecule has 3 aromatic carbocycles. The van der Waals surface area contributed by atoms with Crippen LogP contribution in [0, 0.1) is 33.1 Å². The fraction of sp³-hybridized carbons (Fsp3) is 0.444. The second-order valence-corrected chi connectivity index (χ2v) is 20.2. The third kappa shape index (κ3) is 7.77. The molecule has 7 rings (SSSR count). The number of amides is 2. The number of Topliss-reactive ketones (excluding diaryl/α,β-unsaturated/α-hetero) is 1. The van der Waals surface area contributed by atoms with Gasteiger partial charge in [0.1, 0.15) is 17.3 Å². The molecule has 0 spiro atoms. The van der Waals surface area contributed by atoms with Gasteiger partial charge >= 0.3 is 0 Å². The number of ketones is 1. The Kier molecular flexibility index (Phi) is 11.9. The number of aliphatic hydroxyl groups excluding tert-OH is 1. The average molecular weight is 867 g/mol. The predicted octanol–water partition coefficient (Wildman–Crippen LogP) is 10.5. The summed E-state index contributed by atoms with van der Waals surface area (Å²) in [4.78, 5) is 51.9. The molecule has 3 aromatic rings. The van der Waals surface area contributed by atoms with Crippen molar-refractivity contribution in [2.75, 3.05) is 10.2 Å². The van der Waals surface area contributed by atoms with E-state index < -0.39 is 5.78 Å². The van der Waals surface area contributed by atoms with Crippen LogP contribution in [0.25, 0.3) is 5.57 Å². The minimum Gasteiger partial charge on any atom is -0.507 e. The van der Waals surface area contributed by atoms with Crippen molar-refractivity contribution in [1.82, 2.24) is 4.90 Å². The molecule has 0 bridgehead atoms. The van der Waals surface area contributed by atoms with E-state index >= 15 is 0 Å². The van der Waals surface area contributed by atoms with Crippen molar-refractivity contribution >= 4 is 40.3 Å². The number of aryl methyl sites for hydroxylation is 6. The first-order chi connectivity index (χ1) is 29.9. The Morgan fingerprint density at radius 2 is 1.23 bits per heavy atom. The van der Waals surface area contributed by atoms with E-state index in [4.69, 9.17) is 0 Å². The number of phenols is 2. The van der Waals surface area contributed by atoms with Crippen LogP contribution >= 0.6 is 0 Å². The molecule has 1 fully saturated rings. The number of anilines is 2. The fourth-order valence-corrected chi connectivity index (χ4v) is 10.4. The van der Waals surface area contributed by atoms with E-state index in [1.165, 1.54) is 0 Å². The van der Waals surface area contributed by atoms with Crippen LogP contribution in [0.1, 0.15) is 127 Å². The average Bonchev–Trinajstić information content (AvgIpc) is 3.53. The molecule has 4 N–H and O–H groups in total. The summed E-state index contributed by atoms with van der Waals surface area (Å²) in [6, 6.07) is 11.9. The number of nitrogens with one attached hydrogen (secondary N) is 1. The molecule has 2 unspecified atom stereocenters. The fourth-order valence-electron chi connectivity index (χ4n) is 10.4. The van der Waals surface area contributed by atoms with Crippen LogP contribution in [0.15, 0.2) is 81.7 Å².